The number of nitrogens with zero attached hydrogens (tertiary/aromatic N) is 1. The van der Waals surface area contributed by atoms with Crippen LogP contribution >= 0.6 is 0 Å². The van der Waals surface area contributed by atoms with E-state index < -0.39 is 0 Å². The van der Waals surface area contributed by atoms with Gasteiger partial charge in [0.15, 0.2) is 0 Å². The first kappa shape index (κ1) is 17.3. The summed E-state index contributed by atoms with van der Waals surface area (Å²) in [7, 11) is 0. The highest BCUT2D eigenvalue weighted by Gasteiger charge is 2.22. The summed E-state index contributed by atoms with van der Waals surface area (Å²) in [5, 5.41) is 10.3. The molecule has 5 nitrogen and oxygen atoms in total. The predicted octanol–water partition coefficient (Wildman–Crippen LogP) is 4.28. The van der Waals surface area contributed by atoms with Gasteiger partial charge in [-0.1, -0.05) is 24.3 Å². The molecule has 0 saturated carbocycles. The molecule has 0 spiro atoms. The Morgan fingerprint density at radius 1 is 1.22 bits per heavy atom. The number of carbonyl (C=O) groups is 1. The van der Waals surface area contributed by atoms with E-state index in [-0.39, 0.29) is 11.9 Å². The molecule has 1 aliphatic carbocycles. The summed E-state index contributed by atoms with van der Waals surface area (Å²) >= 11 is 0. The van der Waals surface area contributed by atoms with Crippen molar-refractivity contribution in [2.45, 2.75) is 32.2 Å². The van der Waals surface area contributed by atoms with Crippen molar-refractivity contribution in [3.8, 4) is 17.0 Å². The minimum atomic E-state index is -0.124. The highest BCUT2D eigenvalue weighted by molar-refractivity contribution is 5.93. The molecule has 1 aliphatic rings. The van der Waals surface area contributed by atoms with Gasteiger partial charge < -0.3 is 10.1 Å². The van der Waals surface area contributed by atoms with E-state index in [1.807, 2.05) is 37.3 Å². The Hall–Kier alpha value is -3.08. The van der Waals surface area contributed by atoms with Crippen LogP contribution < -0.4 is 10.1 Å². The first-order chi connectivity index (χ1) is 13.2. The lowest BCUT2D eigenvalue weighted by molar-refractivity contribution is 0.0927. The number of hydrogen-bond donors (Lipinski definition) is 2. The number of rotatable bonds is 5. The summed E-state index contributed by atoms with van der Waals surface area (Å²) in [6.45, 7) is 2.59. The summed E-state index contributed by atoms with van der Waals surface area (Å²) in [5.41, 5.74) is 4.71. The van der Waals surface area contributed by atoms with Crippen molar-refractivity contribution in [3.63, 3.8) is 0 Å². The number of aryl methyl sites for hydroxylation is 1. The Morgan fingerprint density at radius 3 is 2.85 bits per heavy atom. The van der Waals surface area contributed by atoms with E-state index >= 15 is 0 Å². The third kappa shape index (κ3) is 3.72. The minimum absolute atomic E-state index is 0.0553. The van der Waals surface area contributed by atoms with Crippen LogP contribution in [0.2, 0.25) is 0 Å². The fourth-order valence-electron chi connectivity index (χ4n) is 3.61. The zero-order chi connectivity index (χ0) is 18.6. The average Bonchev–Trinajstić information content (AvgIpc) is 3.19. The summed E-state index contributed by atoms with van der Waals surface area (Å²) in [5.74, 6) is 0.701. The fraction of sp³-hybridized carbons (Fsp3) is 0.273. The molecule has 1 atom stereocenters. The van der Waals surface area contributed by atoms with Gasteiger partial charge in [-0.25, -0.2) is 0 Å². The second-order valence-corrected chi connectivity index (χ2v) is 6.74. The number of aromatic nitrogens is 2. The summed E-state index contributed by atoms with van der Waals surface area (Å²) in [6, 6.07) is 17.9. The van der Waals surface area contributed by atoms with Crippen molar-refractivity contribution in [3.05, 3.63) is 71.4 Å². The molecule has 4 rings (SSSR count). The molecule has 0 saturated heterocycles. The Morgan fingerprint density at radius 2 is 2.04 bits per heavy atom. The van der Waals surface area contributed by atoms with Crippen molar-refractivity contribution in [1.29, 1.82) is 0 Å². The number of aromatic amines is 1. The maximum Gasteiger partial charge on any atom is 0.269 e. The van der Waals surface area contributed by atoms with E-state index in [0.29, 0.717) is 12.3 Å². The number of fused-ring (bicyclic) bond motifs is 1. The number of benzene rings is 2. The molecule has 27 heavy (non-hydrogen) atoms. The quantitative estimate of drug-likeness (QED) is 0.713. The van der Waals surface area contributed by atoms with Gasteiger partial charge in [-0.2, -0.15) is 5.10 Å². The Balaban J connectivity index is 1.48. The summed E-state index contributed by atoms with van der Waals surface area (Å²) in [6.07, 6.45) is 3.12. The number of H-pyrrole nitrogens is 1. The van der Waals surface area contributed by atoms with Crippen LogP contribution in [0.5, 0.6) is 5.75 Å². The fourth-order valence-corrected chi connectivity index (χ4v) is 3.61. The van der Waals surface area contributed by atoms with Crippen LogP contribution in [0.3, 0.4) is 0 Å². The lowest BCUT2D eigenvalue weighted by Crippen LogP contribution is -2.31. The Bertz CT molecular complexity index is 931. The molecule has 138 valence electrons. The molecular formula is C22H23N3O2. The molecule has 0 aliphatic heterocycles. The molecule has 0 bridgehead atoms. The number of ether oxygens (including phenoxy) is 1. The maximum atomic E-state index is 12.7. The van der Waals surface area contributed by atoms with Crippen LogP contribution in [0.1, 0.15) is 47.4 Å². The van der Waals surface area contributed by atoms with Gasteiger partial charge in [0, 0.05) is 5.56 Å². The maximum absolute atomic E-state index is 12.7. The predicted molar refractivity (Wildman–Crippen MR) is 105 cm³/mol. The number of nitrogens with one attached hydrogen (secondary N) is 2. The highest BCUT2D eigenvalue weighted by atomic mass is 16.5. The summed E-state index contributed by atoms with van der Waals surface area (Å²) < 4.78 is 5.46. The van der Waals surface area contributed by atoms with Gasteiger partial charge in [-0.05, 0) is 67.6 Å². The molecule has 0 unspecified atom stereocenters. The molecule has 2 aromatic carbocycles. The Kier molecular flexibility index (Phi) is 4.92. The molecule has 2 N–H and O–H groups in total. The monoisotopic (exact) mass is 361 g/mol. The van der Waals surface area contributed by atoms with Crippen molar-refractivity contribution in [1.82, 2.24) is 15.5 Å². The first-order valence-corrected chi connectivity index (χ1v) is 9.42. The standard InChI is InChI=1S/C22H23N3O2/c1-2-27-17-12-10-16(11-13-17)20-14-21(25-24-20)22(26)23-19-9-5-7-15-6-3-4-8-18(15)19/h3-4,6,8,10-14,19H,2,5,7,9H2,1H3,(H,23,26)(H,24,25)/t19-/m0/s1. The van der Waals surface area contributed by atoms with Crippen LogP contribution in [0.4, 0.5) is 0 Å². The van der Waals surface area contributed by atoms with Gasteiger partial charge in [0.05, 0.1) is 18.3 Å². The molecule has 0 fully saturated rings. The average molecular weight is 361 g/mol. The van der Waals surface area contributed by atoms with Crippen molar-refractivity contribution in [2.24, 2.45) is 0 Å². The second kappa shape index (κ2) is 7.66. The largest absolute Gasteiger partial charge is 0.494 e. The smallest absolute Gasteiger partial charge is 0.269 e. The topological polar surface area (TPSA) is 67.0 Å². The number of carbonyl (C=O) groups excluding carboxylic acids is 1. The normalized spacial score (nSPS) is 15.8. The molecule has 3 aromatic rings. The van der Waals surface area contributed by atoms with Gasteiger partial charge in [0.2, 0.25) is 0 Å². The van der Waals surface area contributed by atoms with Gasteiger partial charge in [0.1, 0.15) is 11.4 Å². The zero-order valence-electron chi connectivity index (χ0n) is 15.4. The van der Waals surface area contributed by atoms with Crippen LogP contribution in [0, 0.1) is 0 Å². The molecule has 0 radical (unpaired) electrons. The van der Waals surface area contributed by atoms with E-state index in [2.05, 4.69) is 33.7 Å². The van der Waals surface area contributed by atoms with Crippen molar-refractivity contribution < 1.29 is 9.53 Å². The van der Waals surface area contributed by atoms with Crippen molar-refractivity contribution in [2.75, 3.05) is 6.61 Å². The van der Waals surface area contributed by atoms with Crippen LogP contribution in [-0.2, 0) is 6.42 Å². The Labute approximate surface area is 158 Å². The van der Waals surface area contributed by atoms with Crippen molar-refractivity contribution >= 4 is 5.91 Å². The molecule has 1 heterocycles. The number of amides is 1. The van der Waals surface area contributed by atoms with Gasteiger partial charge in [-0.3, -0.25) is 9.89 Å². The van der Waals surface area contributed by atoms with Gasteiger partial charge >= 0.3 is 0 Å². The van der Waals surface area contributed by atoms with Gasteiger partial charge in [0.25, 0.3) is 5.91 Å². The van der Waals surface area contributed by atoms with Crippen LogP contribution in [0.15, 0.2) is 54.6 Å². The third-order valence-electron chi connectivity index (χ3n) is 4.96. The molecular weight excluding hydrogens is 338 g/mol. The van der Waals surface area contributed by atoms with Crippen LogP contribution in [-0.4, -0.2) is 22.7 Å². The highest BCUT2D eigenvalue weighted by Crippen LogP contribution is 2.29. The van der Waals surface area contributed by atoms with E-state index in [0.717, 1.165) is 36.3 Å². The second-order valence-electron chi connectivity index (χ2n) is 6.74. The van der Waals surface area contributed by atoms with Gasteiger partial charge in [-0.15, -0.1) is 0 Å². The molecule has 1 amide bonds. The zero-order valence-corrected chi connectivity index (χ0v) is 15.4. The van der Waals surface area contributed by atoms with E-state index in [1.165, 1.54) is 11.1 Å². The SMILES string of the molecule is CCOc1ccc(-c2cc(C(=O)N[C@H]3CCCc4ccccc43)[nH]n2)cc1. The molecule has 5 heteroatoms. The lowest BCUT2D eigenvalue weighted by atomic mass is 9.87. The number of hydrogen-bond acceptors (Lipinski definition) is 3. The first-order valence-electron chi connectivity index (χ1n) is 9.42. The third-order valence-corrected chi connectivity index (χ3v) is 4.96. The van der Waals surface area contributed by atoms with E-state index in [9.17, 15) is 4.79 Å². The van der Waals surface area contributed by atoms with E-state index in [4.69, 9.17) is 4.74 Å². The minimum Gasteiger partial charge on any atom is -0.494 e. The summed E-state index contributed by atoms with van der Waals surface area (Å²) in [4.78, 5) is 12.7. The molecule has 1 aromatic heterocycles. The lowest BCUT2D eigenvalue weighted by Gasteiger charge is -2.26. The van der Waals surface area contributed by atoms with Crippen LogP contribution in [0.25, 0.3) is 11.3 Å². The van der Waals surface area contributed by atoms with E-state index in [1.54, 1.807) is 6.07 Å².